The topological polar surface area (TPSA) is 34.1 Å². The maximum absolute atomic E-state index is 12.9. The summed E-state index contributed by atoms with van der Waals surface area (Å²) in [6, 6.07) is 18.8. The van der Waals surface area contributed by atoms with Gasteiger partial charge < -0.3 is 0 Å². The third kappa shape index (κ3) is 2.88. The van der Waals surface area contributed by atoms with Crippen LogP contribution in [0.2, 0.25) is 0 Å². The first kappa shape index (κ1) is 15.4. The van der Waals surface area contributed by atoms with Gasteiger partial charge in [0.15, 0.2) is 5.78 Å². The molecule has 0 N–H and O–H groups in total. The van der Waals surface area contributed by atoms with Gasteiger partial charge >= 0.3 is 0 Å². The Bertz CT molecular complexity index is 861. The van der Waals surface area contributed by atoms with E-state index in [2.05, 4.69) is 0 Å². The molecule has 0 saturated heterocycles. The van der Waals surface area contributed by atoms with Gasteiger partial charge in [0, 0.05) is 21.6 Å². The van der Waals surface area contributed by atoms with Gasteiger partial charge in [0.1, 0.15) is 0 Å². The van der Waals surface area contributed by atoms with Crippen LogP contribution in [0.3, 0.4) is 0 Å². The molecule has 0 unspecified atom stereocenters. The molecule has 2 aromatic carbocycles. The number of aryl methyl sites for hydroxylation is 1. The van der Waals surface area contributed by atoms with Crippen LogP contribution in [0.5, 0.6) is 0 Å². The summed E-state index contributed by atoms with van der Waals surface area (Å²) < 4.78 is 0. The Balaban J connectivity index is 2.24. The molecule has 0 bridgehead atoms. The summed E-state index contributed by atoms with van der Waals surface area (Å²) in [5.41, 5.74) is 2.96. The van der Waals surface area contributed by atoms with E-state index in [4.69, 9.17) is 0 Å². The number of ketones is 2. The van der Waals surface area contributed by atoms with Crippen molar-refractivity contribution in [3.8, 4) is 11.1 Å². The number of carbonyl (C=O) groups is 2. The molecular weight excluding hydrogens is 304 g/mol. The van der Waals surface area contributed by atoms with Crippen molar-refractivity contribution in [3.63, 3.8) is 0 Å². The van der Waals surface area contributed by atoms with Gasteiger partial charge in [0.25, 0.3) is 0 Å². The summed E-state index contributed by atoms with van der Waals surface area (Å²) in [5.74, 6) is -0.0465. The molecule has 3 heteroatoms. The molecule has 114 valence electrons. The standard InChI is InChI=1S/C20H16O2S/c1-13(21)17-14(2)23-20(18(17)15-9-5-3-6-10-15)19(22)16-11-7-4-8-12-16/h3-12H,1-2H3. The summed E-state index contributed by atoms with van der Waals surface area (Å²) in [7, 11) is 0. The zero-order valence-corrected chi connectivity index (χ0v) is 13.8. The maximum Gasteiger partial charge on any atom is 0.203 e. The molecule has 3 rings (SSSR count). The first-order valence-electron chi connectivity index (χ1n) is 7.39. The number of thiophene rings is 1. The predicted molar refractivity (Wildman–Crippen MR) is 94.4 cm³/mol. The average Bonchev–Trinajstić information content (AvgIpc) is 2.93. The van der Waals surface area contributed by atoms with E-state index in [1.807, 2.05) is 55.5 Å². The Morgan fingerprint density at radius 2 is 1.43 bits per heavy atom. The van der Waals surface area contributed by atoms with Gasteiger partial charge in [0.05, 0.1) is 4.88 Å². The van der Waals surface area contributed by atoms with Gasteiger partial charge in [-0.25, -0.2) is 0 Å². The summed E-state index contributed by atoms with van der Waals surface area (Å²) in [4.78, 5) is 26.6. The van der Waals surface area contributed by atoms with Crippen LogP contribution < -0.4 is 0 Å². The third-order valence-corrected chi connectivity index (χ3v) is 4.84. The number of benzene rings is 2. The van der Waals surface area contributed by atoms with E-state index in [1.54, 1.807) is 19.1 Å². The van der Waals surface area contributed by atoms with Crippen LogP contribution in [0.1, 0.15) is 37.4 Å². The minimum atomic E-state index is -0.0370. The highest BCUT2D eigenvalue weighted by molar-refractivity contribution is 7.15. The Morgan fingerprint density at radius 3 is 2.00 bits per heavy atom. The predicted octanol–water partition coefficient (Wildman–Crippen LogP) is 5.16. The van der Waals surface area contributed by atoms with Gasteiger partial charge in [-0.15, -0.1) is 11.3 Å². The Kier molecular flexibility index (Phi) is 4.22. The zero-order chi connectivity index (χ0) is 16.4. The van der Waals surface area contributed by atoms with Crippen molar-refractivity contribution < 1.29 is 9.59 Å². The van der Waals surface area contributed by atoms with Crippen LogP contribution in [0.25, 0.3) is 11.1 Å². The second-order valence-electron chi connectivity index (χ2n) is 5.35. The molecule has 3 aromatic rings. The Morgan fingerprint density at radius 1 is 0.870 bits per heavy atom. The van der Waals surface area contributed by atoms with E-state index in [1.165, 1.54) is 11.3 Å². The molecule has 1 aromatic heterocycles. The van der Waals surface area contributed by atoms with Crippen LogP contribution in [-0.4, -0.2) is 11.6 Å². The lowest BCUT2D eigenvalue weighted by molar-refractivity contribution is 0.101. The van der Waals surface area contributed by atoms with Crippen molar-refractivity contribution in [2.75, 3.05) is 0 Å². The zero-order valence-electron chi connectivity index (χ0n) is 13.0. The van der Waals surface area contributed by atoms with E-state index < -0.39 is 0 Å². The highest BCUT2D eigenvalue weighted by Gasteiger charge is 2.25. The molecule has 2 nitrogen and oxygen atoms in total. The maximum atomic E-state index is 12.9. The highest BCUT2D eigenvalue weighted by atomic mass is 32.1. The Hall–Kier alpha value is -2.52. The number of rotatable bonds is 4. The van der Waals surface area contributed by atoms with Gasteiger partial charge in [-0.05, 0) is 19.4 Å². The van der Waals surface area contributed by atoms with Crippen molar-refractivity contribution in [2.45, 2.75) is 13.8 Å². The third-order valence-electron chi connectivity index (χ3n) is 3.74. The fourth-order valence-electron chi connectivity index (χ4n) is 2.73. The van der Waals surface area contributed by atoms with E-state index in [0.717, 1.165) is 16.0 Å². The average molecular weight is 320 g/mol. The molecule has 0 fully saturated rings. The van der Waals surface area contributed by atoms with Gasteiger partial charge in [0.2, 0.25) is 5.78 Å². The molecule has 0 aliphatic heterocycles. The second kappa shape index (κ2) is 6.31. The van der Waals surface area contributed by atoms with E-state index in [9.17, 15) is 9.59 Å². The quantitative estimate of drug-likeness (QED) is 0.622. The largest absolute Gasteiger partial charge is 0.294 e. The minimum absolute atomic E-state index is 0.00952. The van der Waals surface area contributed by atoms with Crippen molar-refractivity contribution in [1.29, 1.82) is 0 Å². The fourth-order valence-corrected chi connectivity index (χ4v) is 3.92. The summed E-state index contributed by atoms with van der Waals surface area (Å²) >= 11 is 1.40. The molecule has 0 aliphatic rings. The molecule has 0 spiro atoms. The lowest BCUT2D eigenvalue weighted by Crippen LogP contribution is -2.02. The number of carbonyl (C=O) groups excluding carboxylic acids is 2. The van der Waals surface area contributed by atoms with Crippen molar-refractivity contribution in [3.05, 3.63) is 81.5 Å². The van der Waals surface area contributed by atoms with Crippen LogP contribution >= 0.6 is 11.3 Å². The fraction of sp³-hybridized carbons (Fsp3) is 0.100. The molecule has 0 radical (unpaired) electrons. The van der Waals surface area contributed by atoms with Crippen LogP contribution in [0.4, 0.5) is 0 Å². The summed E-state index contributed by atoms with van der Waals surface area (Å²) in [5, 5.41) is 0. The molecular formula is C20H16O2S. The van der Waals surface area contributed by atoms with Crippen LogP contribution in [0.15, 0.2) is 60.7 Å². The first-order valence-corrected chi connectivity index (χ1v) is 8.20. The monoisotopic (exact) mass is 320 g/mol. The van der Waals surface area contributed by atoms with Crippen LogP contribution in [-0.2, 0) is 0 Å². The summed E-state index contributed by atoms with van der Waals surface area (Å²) in [6.45, 7) is 3.45. The lowest BCUT2D eigenvalue weighted by Gasteiger charge is -2.06. The Labute approximate surface area is 139 Å². The molecule has 0 amide bonds. The normalized spacial score (nSPS) is 10.5. The van der Waals surface area contributed by atoms with Gasteiger partial charge in [-0.2, -0.15) is 0 Å². The van der Waals surface area contributed by atoms with E-state index >= 15 is 0 Å². The second-order valence-corrected chi connectivity index (χ2v) is 6.58. The van der Waals surface area contributed by atoms with Crippen molar-refractivity contribution in [2.24, 2.45) is 0 Å². The lowest BCUT2D eigenvalue weighted by atomic mass is 9.95. The first-order chi connectivity index (χ1) is 11.1. The highest BCUT2D eigenvalue weighted by Crippen LogP contribution is 2.38. The van der Waals surface area contributed by atoms with Crippen molar-refractivity contribution >= 4 is 22.9 Å². The van der Waals surface area contributed by atoms with E-state index in [0.29, 0.717) is 16.0 Å². The molecule has 0 aliphatic carbocycles. The number of hydrogen-bond acceptors (Lipinski definition) is 3. The van der Waals surface area contributed by atoms with E-state index in [-0.39, 0.29) is 11.6 Å². The smallest absolute Gasteiger partial charge is 0.203 e. The molecule has 23 heavy (non-hydrogen) atoms. The SMILES string of the molecule is CC(=O)c1c(C)sc(C(=O)c2ccccc2)c1-c1ccccc1. The van der Waals surface area contributed by atoms with Gasteiger partial charge in [-0.1, -0.05) is 60.7 Å². The molecule has 1 heterocycles. The molecule has 0 saturated carbocycles. The van der Waals surface area contributed by atoms with Crippen LogP contribution in [0, 0.1) is 6.92 Å². The number of hydrogen-bond donors (Lipinski definition) is 0. The number of Topliss-reactive ketones (excluding diaryl/α,β-unsaturated/α-hetero) is 1. The summed E-state index contributed by atoms with van der Waals surface area (Å²) in [6.07, 6.45) is 0. The molecule has 0 atom stereocenters. The minimum Gasteiger partial charge on any atom is -0.294 e. The van der Waals surface area contributed by atoms with Gasteiger partial charge in [-0.3, -0.25) is 9.59 Å². The van der Waals surface area contributed by atoms with Crippen molar-refractivity contribution in [1.82, 2.24) is 0 Å².